The second-order valence-electron chi connectivity index (χ2n) is 4.28. The van der Waals surface area contributed by atoms with Gasteiger partial charge < -0.3 is 21.1 Å². The summed E-state index contributed by atoms with van der Waals surface area (Å²) in [4.78, 5) is 11.5. The summed E-state index contributed by atoms with van der Waals surface area (Å²) < 4.78 is 0. The molecule has 0 aliphatic carbocycles. The van der Waals surface area contributed by atoms with Crippen LogP contribution in [0.25, 0.3) is 0 Å². The molecular formula is C14H19N3O2. The molecule has 1 unspecified atom stereocenters. The van der Waals surface area contributed by atoms with E-state index in [4.69, 9.17) is 5.41 Å². The number of carbonyl (C=O) groups is 1. The van der Waals surface area contributed by atoms with Gasteiger partial charge in [-0.3, -0.25) is 4.79 Å². The zero-order valence-electron chi connectivity index (χ0n) is 11.3. The molecule has 5 nitrogen and oxygen atoms in total. The Morgan fingerprint density at radius 1 is 1.26 bits per heavy atom. The van der Waals surface area contributed by atoms with Crippen LogP contribution < -0.4 is 10.6 Å². The van der Waals surface area contributed by atoms with Gasteiger partial charge in [-0.05, 0) is 32.9 Å². The Kier molecular flexibility index (Phi) is 5.26. The molecule has 1 aromatic carbocycles. The lowest BCUT2D eigenvalue weighted by Crippen LogP contribution is -2.35. The highest BCUT2D eigenvalue weighted by Gasteiger charge is 2.14. The summed E-state index contributed by atoms with van der Waals surface area (Å²) >= 11 is 0. The first-order chi connectivity index (χ1) is 8.91. The Balaban J connectivity index is 2.92. The van der Waals surface area contributed by atoms with Crippen molar-refractivity contribution in [3.05, 3.63) is 41.7 Å². The number of carbonyl (C=O) groups excluding carboxylic acids is 1. The molecule has 0 fully saturated rings. The number of benzene rings is 1. The Morgan fingerprint density at radius 2 is 1.84 bits per heavy atom. The number of hydrogen-bond donors (Lipinski definition) is 4. The fraction of sp³-hybridized carbons (Fsp3) is 0.286. The van der Waals surface area contributed by atoms with Crippen molar-refractivity contribution in [2.45, 2.75) is 26.9 Å². The Bertz CT molecular complexity index is 493. The molecule has 1 amide bonds. The molecule has 1 atom stereocenters. The van der Waals surface area contributed by atoms with E-state index in [0.717, 1.165) is 5.69 Å². The molecule has 0 radical (unpaired) electrons. The summed E-state index contributed by atoms with van der Waals surface area (Å²) in [5.41, 5.74) is 2.10. The number of anilines is 1. The van der Waals surface area contributed by atoms with E-state index in [1.807, 2.05) is 30.3 Å². The molecule has 0 aliphatic heterocycles. The minimum atomic E-state index is -1.11. The van der Waals surface area contributed by atoms with E-state index >= 15 is 0 Å². The SMILES string of the molecule is CC(=N)/C(NC(=O)C(C)O)=C(/C)Nc1ccccc1. The van der Waals surface area contributed by atoms with Gasteiger partial charge in [-0.1, -0.05) is 18.2 Å². The van der Waals surface area contributed by atoms with Crippen LogP contribution in [-0.2, 0) is 4.79 Å². The average molecular weight is 261 g/mol. The standard InChI is InChI=1S/C14H19N3O2/c1-9(15)13(17-14(19)11(3)18)10(2)16-12-7-5-4-6-8-12/h4-8,11,15-16,18H,1-3H3,(H,17,19)/b13-10+,15-9?. The number of rotatable bonds is 5. The fourth-order valence-electron chi connectivity index (χ4n) is 1.50. The largest absolute Gasteiger partial charge is 0.384 e. The highest BCUT2D eigenvalue weighted by molar-refractivity contribution is 6.00. The van der Waals surface area contributed by atoms with Gasteiger partial charge in [0, 0.05) is 11.4 Å². The maximum Gasteiger partial charge on any atom is 0.253 e. The number of para-hydroxylation sites is 1. The highest BCUT2D eigenvalue weighted by Crippen LogP contribution is 2.11. The number of aliphatic hydroxyl groups is 1. The fourth-order valence-corrected chi connectivity index (χ4v) is 1.50. The predicted molar refractivity (Wildman–Crippen MR) is 76.0 cm³/mol. The number of aliphatic hydroxyl groups excluding tert-OH is 1. The van der Waals surface area contributed by atoms with Gasteiger partial charge >= 0.3 is 0 Å². The molecule has 0 heterocycles. The van der Waals surface area contributed by atoms with Crippen LogP contribution in [0.2, 0.25) is 0 Å². The molecular weight excluding hydrogens is 242 g/mol. The van der Waals surface area contributed by atoms with Crippen LogP contribution in [0.5, 0.6) is 0 Å². The summed E-state index contributed by atoms with van der Waals surface area (Å²) in [6.45, 7) is 4.72. The molecule has 0 spiro atoms. The maximum atomic E-state index is 11.5. The molecule has 4 N–H and O–H groups in total. The zero-order valence-corrected chi connectivity index (χ0v) is 11.3. The van der Waals surface area contributed by atoms with E-state index in [-0.39, 0.29) is 5.71 Å². The number of hydrogen-bond acceptors (Lipinski definition) is 4. The van der Waals surface area contributed by atoms with Crippen LogP contribution >= 0.6 is 0 Å². The van der Waals surface area contributed by atoms with Crippen molar-refractivity contribution in [2.75, 3.05) is 5.32 Å². The second-order valence-corrected chi connectivity index (χ2v) is 4.28. The molecule has 0 saturated heterocycles. The summed E-state index contributed by atoms with van der Waals surface area (Å²) in [7, 11) is 0. The van der Waals surface area contributed by atoms with Crippen molar-refractivity contribution in [3.8, 4) is 0 Å². The van der Waals surface area contributed by atoms with E-state index in [0.29, 0.717) is 11.4 Å². The molecule has 5 heteroatoms. The minimum absolute atomic E-state index is 0.218. The normalized spacial score (nSPS) is 13.3. The molecule has 0 bridgehead atoms. The van der Waals surface area contributed by atoms with E-state index in [1.54, 1.807) is 13.8 Å². The number of nitrogens with one attached hydrogen (secondary N) is 3. The summed E-state index contributed by atoms with van der Waals surface area (Å²) in [6.07, 6.45) is -1.11. The van der Waals surface area contributed by atoms with Crippen molar-refractivity contribution in [1.29, 1.82) is 5.41 Å². The van der Waals surface area contributed by atoms with Gasteiger partial charge in [0.15, 0.2) is 0 Å². The second kappa shape index (κ2) is 6.70. The Morgan fingerprint density at radius 3 is 2.32 bits per heavy atom. The van der Waals surface area contributed by atoms with E-state index in [9.17, 15) is 9.90 Å². The quantitative estimate of drug-likeness (QED) is 0.610. The van der Waals surface area contributed by atoms with Gasteiger partial charge in [-0.25, -0.2) is 0 Å². The monoisotopic (exact) mass is 261 g/mol. The number of allylic oxidation sites excluding steroid dienone is 2. The number of amides is 1. The molecule has 0 saturated carbocycles. The van der Waals surface area contributed by atoms with Crippen LogP contribution in [0.15, 0.2) is 41.7 Å². The maximum absolute atomic E-state index is 11.5. The van der Waals surface area contributed by atoms with Gasteiger partial charge in [0.1, 0.15) is 6.10 Å². The molecule has 0 aromatic heterocycles. The van der Waals surface area contributed by atoms with Crippen molar-refractivity contribution in [1.82, 2.24) is 5.32 Å². The van der Waals surface area contributed by atoms with Gasteiger partial charge in [0.05, 0.1) is 11.4 Å². The molecule has 1 rings (SSSR count). The highest BCUT2D eigenvalue weighted by atomic mass is 16.3. The lowest BCUT2D eigenvalue weighted by molar-refractivity contribution is -0.127. The van der Waals surface area contributed by atoms with Gasteiger partial charge in [0.25, 0.3) is 5.91 Å². The van der Waals surface area contributed by atoms with Crippen LogP contribution in [0, 0.1) is 5.41 Å². The summed E-state index contributed by atoms with van der Waals surface area (Å²) in [5, 5.41) is 22.5. The molecule has 102 valence electrons. The van der Waals surface area contributed by atoms with Gasteiger partial charge in [-0.15, -0.1) is 0 Å². The predicted octanol–water partition coefficient (Wildman–Crippen LogP) is 1.87. The summed E-state index contributed by atoms with van der Waals surface area (Å²) in [6, 6.07) is 9.46. The first kappa shape index (κ1) is 14.9. The Labute approximate surface area is 112 Å². The van der Waals surface area contributed by atoms with Crippen LogP contribution in [0.4, 0.5) is 5.69 Å². The van der Waals surface area contributed by atoms with Crippen LogP contribution in [0.1, 0.15) is 20.8 Å². The van der Waals surface area contributed by atoms with Crippen LogP contribution in [0.3, 0.4) is 0 Å². The minimum Gasteiger partial charge on any atom is -0.384 e. The lowest BCUT2D eigenvalue weighted by Gasteiger charge is -2.15. The van der Waals surface area contributed by atoms with Crippen molar-refractivity contribution in [3.63, 3.8) is 0 Å². The molecule has 1 aromatic rings. The van der Waals surface area contributed by atoms with Crippen molar-refractivity contribution >= 4 is 17.3 Å². The van der Waals surface area contributed by atoms with Gasteiger partial charge in [-0.2, -0.15) is 0 Å². The smallest absolute Gasteiger partial charge is 0.253 e. The van der Waals surface area contributed by atoms with E-state index in [1.165, 1.54) is 6.92 Å². The van der Waals surface area contributed by atoms with Crippen molar-refractivity contribution < 1.29 is 9.90 Å². The van der Waals surface area contributed by atoms with E-state index in [2.05, 4.69) is 10.6 Å². The zero-order chi connectivity index (χ0) is 14.4. The molecule has 0 aliphatic rings. The summed E-state index contributed by atoms with van der Waals surface area (Å²) in [5.74, 6) is -0.532. The topological polar surface area (TPSA) is 85.2 Å². The lowest BCUT2D eigenvalue weighted by atomic mass is 10.2. The third-order valence-corrected chi connectivity index (χ3v) is 2.48. The van der Waals surface area contributed by atoms with Crippen LogP contribution in [-0.4, -0.2) is 22.8 Å². The molecule has 19 heavy (non-hydrogen) atoms. The van der Waals surface area contributed by atoms with E-state index < -0.39 is 12.0 Å². The third-order valence-electron chi connectivity index (χ3n) is 2.48. The first-order valence-corrected chi connectivity index (χ1v) is 5.99. The third kappa shape index (κ3) is 4.56. The van der Waals surface area contributed by atoms with Crippen molar-refractivity contribution in [2.24, 2.45) is 0 Å². The van der Waals surface area contributed by atoms with Gasteiger partial charge in [0.2, 0.25) is 0 Å². The average Bonchev–Trinajstić information content (AvgIpc) is 2.36. The first-order valence-electron chi connectivity index (χ1n) is 5.99. The Hall–Kier alpha value is -2.14.